The van der Waals surface area contributed by atoms with Crippen LogP contribution in [0.3, 0.4) is 0 Å². The molecule has 0 saturated carbocycles. The number of benzene rings is 3. The number of hydrogen-bond acceptors (Lipinski definition) is 3. The Bertz CT molecular complexity index is 1210. The molecule has 0 saturated heterocycles. The second-order valence-electron chi connectivity index (χ2n) is 6.44. The van der Waals surface area contributed by atoms with E-state index in [4.69, 9.17) is 16.3 Å². The Morgan fingerprint density at radius 2 is 1.73 bits per heavy atom. The summed E-state index contributed by atoms with van der Waals surface area (Å²) in [6.45, 7) is 0. The third-order valence-electron chi connectivity index (χ3n) is 4.53. The number of para-hydroxylation sites is 1. The Balaban J connectivity index is 1.79. The van der Waals surface area contributed by atoms with Crippen LogP contribution >= 0.6 is 11.6 Å². The Morgan fingerprint density at radius 1 is 1.03 bits per heavy atom. The van der Waals surface area contributed by atoms with E-state index >= 15 is 0 Å². The number of nitrogens with one attached hydrogen (secondary N) is 1. The number of methoxy groups -OCH3 is 1. The molecule has 0 aliphatic heterocycles. The van der Waals surface area contributed by atoms with E-state index < -0.39 is 11.7 Å². The lowest BCUT2D eigenvalue weighted by molar-refractivity contribution is 0.101. The minimum Gasteiger partial charge on any atom is -0.497 e. The molecule has 0 aliphatic rings. The van der Waals surface area contributed by atoms with Crippen LogP contribution in [0.1, 0.15) is 10.5 Å². The molecule has 1 heterocycles. The van der Waals surface area contributed by atoms with Gasteiger partial charge in [-0.25, -0.2) is 9.07 Å². The first-order valence-corrected chi connectivity index (χ1v) is 9.50. The van der Waals surface area contributed by atoms with Crippen molar-refractivity contribution in [1.29, 1.82) is 0 Å². The normalized spacial score (nSPS) is 10.6. The predicted octanol–water partition coefficient (Wildman–Crippen LogP) is 5.59. The number of anilines is 1. The van der Waals surface area contributed by atoms with Crippen LogP contribution in [-0.4, -0.2) is 22.8 Å². The third kappa shape index (κ3) is 3.90. The summed E-state index contributed by atoms with van der Waals surface area (Å²) < 4.78 is 20.7. The van der Waals surface area contributed by atoms with Crippen molar-refractivity contribution in [2.24, 2.45) is 0 Å². The smallest absolute Gasteiger partial charge is 0.274 e. The highest BCUT2D eigenvalue weighted by Crippen LogP contribution is 2.29. The van der Waals surface area contributed by atoms with Gasteiger partial charge in [-0.15, -0.1) is 0 Å². The average Bonchev–Trinajstić information content (AvgIpc) is 3.21. The highest BCUT2D eigenvalue weighted by molar-refractivity contribution is 6.33. The van der Waals surface area contributed by atoms with Gasteiger partial charge in [0.05, 0.1) is 29.2 Å². The number of rotatable bonds is 5. The van der Waals surface area contributed by atoms with Gasteiger partial charge in [0.1, 0.15) is 17.3 Å². The molecular formula is C23H17ClFN3O2. The minimum absolute atomic E-state index is 0.0873. The Morgan fingerprint density at radius 3 is 2.43 bits per heavy atom. The molecule has 0 unspecified atom stereocenters. The van der Waals surface area contributed by atoms with Gasteiger partial charge in [0.25, 0.3) is 5.91 Å². The minimum atomic E-state index is -0.521. The van der Waals surface area contributed by atoms with Crippen molar-refractivity contribution < 1.29 is 13.9 Å². The summed E-state index contributed by atoms with van der Waals surface area (Å²) >= 11 is 6.32. The fourth-order valence-corrected chi connectivity index (χ4v) is 3.25. The lowest BCUT2D eigenvalue weighted by atomic mass is 10.1. The monoisotopic (exact) mass is 421 g/mol. The molecule has 4 aromatic rings. The van der Waals surface area contributed by atoms with Gasteiger partial charge in [0.2, 0.25) is 0 Å². The van der Waals surface area contributed by atoms with Gasteiger partial charge in [0, 0.05) is 5.56 Å². The molecule has 0 fully saturated rings. The molecule has 30 heavy (non-hydrogen) atoms. The number of ether oxygens (including phenoxy) is 1. The number of halogens is 2. The van der Waals surface area contributed by atoms with E-state index in [2.05, 4.69) is 10.4 Å². The molecule has 0 aliphatic carbocycles. The van der Waals surface area contributed by atoms with Crippen LogP contribution in [0.2, 0.25) is 5.02 Å². The highest BCUT2D eigenvalue weighted by atomic mass is 35.5. The largest absolute Gasteiger partial charge is 0.497 e. The summed E-state index contributed by atoms with van der Waals surface area (Å²) in [6.07, 6.45) is 0. The third-order valence-corrected chi connectivity index (χ3v) is 4.86. The van der Waals surface area contributed by atoms with Crippen LogP contribution in [0.4, 0.5) is 10.1 Å². The van der Waals surface area contributed by atoms with E-state index in [0.717, 1.165) is 0 Å². The summed E-state index contributed by atoms with van der Waals surface area (Å²) in [7, 11) is 1.58. The van der Waals surface area contributed by atoms with Gasteiger partial charge in [-0.1, -0.05) is 41.9 Å². The standard InChI is InChI=1S/C23H17ClFN3O2/c1-30-16-12-10-15(11-13-16)28-22(23(29)26-20-9-5-4-8-19(20)25)14-21(27-28)17-6-2-3-7-18(17)24/h2-14H,1H3,(H,26,29). The first-order chi connectivity index (χ1) is 14.6. The summed E-state index contributed by atoms with van der Waals surface area (Å²) in [5.74, 6) is -0.344. The number of aromatic nitrogens is 2. The summed E-state index contributed by atoms with van der Waals surface area (Å²) in [5.41, 5.74) is 2.18. The van der Waals surface area contributed by atoms with Crippen LogP contribution in [0.25, 0.3) is 16.9 Å². The van der Waals surface area contributed by atoms with Crippen LogP contribution in [0.15, 0.2) is 78.9 Å². The predicted molar refractivity (Wildman–Crippen MR) is 115 cm³/mol. The maximum Gasteiger partial charge on any atom is 0.274 e. The zero-order chi connectivity index (χ0) is 21.1. The molecular weight excluding hydrogens is 405 g/mol. The molecule has 3 aromatic carbocycles. The summed E-state index contributed by atoms with van der Waals surface area (Å²) in [4.78, 5) is 13.0. The molecule has 0 bridgehead atoms. The van der Waals surface area contributed by atoms with Gasteiger partial charge in [-0.05, 0) is 48.5 Å². The zero-order valence-electron chi connectivity index (χ0n) is 16.0. The SMILES string of the molecule is COc1ccc(-n2nc(-c3ccccc3Cl)cc2C(=O)Nc2ccccc2F)cc1. The molecule has 150 valence electrons. The molecule has 5 nitrogen and oxygen atoms in total. The molecule has 1 amide bonds. The average molecular weight is 422 g/mol. The van der Waals surface area contributed by atoms with Crippen LogP contribution < -0.4 is 10.1 Å². The summed E-state index contributed by atoms with van der Waals surface area (Å²) in [5, 5.41) is 7.71. The number of carbonyl (C=O) groups excluding carboxylic acids is 1. The topological polar surface area (TPSA) is 56.2 Å². The van der Waals surface area contributed by atoms with Crippen molar-refractivity contribution in [3.05, 3.63) is 95.4 Å². The first kappa shape index (κ1) is 19.7. The van der Waals surface area contributed by atoms with Gasteiger partial charge in [0.15, 0.2) is 0 Å². The second kappa shape index (κ2) is 8.39. The lowest BCUT2D eigenvalue weighted by Gasteiger charge is -2.09. The molecule has 4 rings (SSSR count). The molecule has 0 radical (unpaired) electrons. The van der Waals surface area contributed by atoms with E-state index in [1.165, 1.54) is 16.8 Å². The quantitative estimate of drug-likeness (QED) is 0.456. The van der Waals surface area contributed by atoms with Crippen molar-refractivity contribution in [2.75, 3.05) is 12.4 Å². The molecule has 0 spiro atoms. The lowest BCUT2D eigenvalue weighted by Crippen LogP contribution is -2.17. The Hall–Kier alpha value is -3.64. The second-order valence-corrected chi connectivity index (χ2v) is 6.85. The van der Waals surface area contributed by atoms with E-state index in [0.29, 0.717) is 27.7 Å². The van der Waals surface area contributed by atoms with E-state index in [-0.39, 0.29) is 11.4 Å². The molecule has 7 heteroatoms. The highest BCUT2D eigenvalue weighted by Gasteiger charge is 2.20. The van der Waals surface area contributed by atoms with Crippen molar-refractivity contribution in [3.63, 3.8) is 0 Å². The van der Waals surface area contributed by atoms with Crippen molar-refractivity contribution in [2.45, 2.75) is 0 Å². The number of carbonyl (C=O) groups is 1. The Kier molecular flexibility index (Phi) is 5.50. The van der Waals surface area contributed by atoms with Gasteiger partial charge in [-0.2, -0.15) is 5.10 Å². The van der Waals surface area contributed by atoms with Crippen LogP contribution in [-0.2, 0) is 0 Å². The molecule has 0 atom stereocenters. The molecule has 1 N–H and O–H groups in total. The van der Waals surface area contributed by atoms with E-state index in [1.807, 2.05) is 18.2 Å². The van der Waals surface area contributed by atoms with Crippen molar-refractivity contribution >= 4 is 23.2 Å². The maximum absolute atomic E-state index is 14.0. The van der Waals surface area contributed by atoms with E-state index in [9.17, 15) is 9.18 Å². The number of hydrogen-bond donors (Lipinski definition) is 1. The van der Waals surface area contributed by atoms with E-state index in [1.54, 1.807) is 55.6 Å². The zero-order valence-corrected chi connectivity index (χ0v) is 16.7. The summed E-state index contributed by atoms with van der Waals surface area (Å²) in [6, 6.07) is 21.9. The fourth-order valence-electron chi connectivity index (χ4n) is 3.01. The molecule has 1 aromatic heterocycles. The maximum atomic E-state index is 14.0. The van der Waals surface area contributed by atoms with Crippen LogP contribution in [0.5, 0.6) is 5.75 Å². The number of nitrogens with zero attached hydrogens (tertiary/aromatic N) is 2. The van der Waals surface area contributed by atoms with Crippen LogP contribution in [0, 0.1) is 5.82 Å². The number of amides is 1. The Labute approximate surface area is 177 Å². The fraction of sp³-hybridized carbons (Fsp3) is 0.0435. The van der Waals surface area contributed by atoms with Gasteiger partial charge in [-0.3, -0.25) is 4.79 Å². The van der Waals surface area contributed by atoms with Crippen molar-refractivity contribution in [1.82, 2.24) is 9.78 Å². The van der Waals surface area contributed by atoms with Gasteiger partial charge >= 0.3 is 0 Å². The van der Waals surface area contributed by atoms with Crippen molar-refractivity contribution in [3.8, 4) is 22.7 Å². The first-order valence-electron chi connectivity index (χ1n) is 9.12. The van der Waals surface area contributed by atoms with Gasteiger partial charge < -0.3 is 10.1 Å².